The molecule has 3 heteroatoms. The van der Waals surface area contributed by atoms with E-state index in [0.717, 1.165) is 17.1 Å². The van der Waals surface area contributed by atoms with Crippen LogP contribution in [0.2, 0.25) is 0 Å². The predicted octanol–water partition coefficient (Wildman–Crippen LogP) is 8.76. The van der Waals surface area contributed by atoms with E-state index < -0.39 is 0 Å². The number of hydrogen-bond donors (Lipinski definition) is 1. The number of nitrogens with one attached hydrogen (secondary N) is 1. The van der Waals surface area contributed by atoms with E-state index in [4.69, 9.17) is 9.98 Å². The Bertz CT molecular complexity index is 890. The molecule has 0 heterocycles. The Balaban J connectivity index is 2.74. The molecular weight excluding hydrogens is 378 g/mol. The van der Waals surface area contributed by atoms with Crippen LogP contribution in [0.4, 0.5) is 11.4 Å². The first kappa shape index (κ1) is 24.8. The molecule has 0 unspecified atom stereocenters. The number of rotatable bonds is 6. The van der Waals surface area contributed by atoms with E-state index in [9.17, 15) is 0 Å². The molecule has 0 amide bonds. The molecule has 1 N–H and O–H groups in total. The van der Waals surface area contributed by atoms with Crippen LogP contribution in [0.1, 0.15) is 115 Å². The number of guanidine groups is 1. The van der Waals surface area contributed by atoms with Gasteiger partial charge in [-0.05, 0) is 59.8 Å². The molecule has 0 spiro atoms. The van der Waals surface area contributed by atoms with Gasteiger partial charge in [-0.25, -0.2) is 9.98 Å². The van der Waals surface area contributed by atoms with Crippen molar-refractivity contribution < 1.29 is 0 Å². The Labute approximate surface area is 190 Å². The van der Waals surface area contributed by atoms with Gasteiger partial charge in [0.1, 0.15) is 0 Å². The van der Waals surface area contributed by atoms with Crippen LogP contribution in [0.15, 0.2) is 46.4 Å². The predicted molar refractivity (Wildman–Crippen MR) is 139 cm³/mol. The molecule has 0 aliphatic rings. The Morgan fingerprint density at radius 3 is 1.39 bits per heavy atom. The minimum atomic E-state index is 0.388. The Kier molecular flexibility index (Phi) is 8.61. The number of benzene rings is 2. The van der Waals surface area contributed by atoms with E-state index in [0.29, 0.717) is 29.6 Å². The van der Waals surface area contributed by atoms with Crippen molar-refractivity contribution in [3.05, 3.63) is 58.7 Å². The third kappa shape index (κ3) is 6.29. The topological polar surface area (TPSA) is 36.8 Å². The van der Waals surface area contributed by atoms with Crippen LogP contribution in [0.5, 0.6) is 0 Å². The maximum Gasteiger partial charge on any atom is 0.227 e. The lowest BCUT2D eigenvalue weighted by Gasteiger charge is -2.22. The number of hydrogen-bond acceptors (Lipinski definition) is 1. The molecule has 0 aromatic heterocycles. The lowest BCUT2D eigenvalue weighted by molar-refractivity contribution is 0.834. The molecule has 0 saturated carbocycles. The van der Waals surface area contributed by atoms with Crippen molar-refractivity contribution in [3.8, 4) is 0 Å². The zero-order valence-electron chi connectivity index (χ0n) is 21.2. The number of anilines is 1. The first-order valence-electron chi connectivity index (χ1n) is 11.7. The van der Waals surface area contributed by atoms with Crippen LogP contribution >= 0.6 is 0 Å². The van der Waals surface area contributed by atoms with Gasteiger partial charge in [0, 0.05) is 11.4 Å². The smallest absolute Gasteiger partial charge is 0.227 e. The number of para-hydroxylation sites is 2. The van der Waals surface area contributed by atoms with E-state index in [2.05, 4.69) is 97.1 Å². The lowest BCUT2D eigenvalue weighted by atomic mass is 9.92. The highest BCUT2D eigenvalue weighted by molar-refractivity contribution is 6.04. The van der Waals surface area contributed by atoms with Gasteiger partial charge in [0.15, 0.2) is 0 Å². The first-order chi connectivity index (χ1) is 14.5. The fourth-order valence-corrected chi connectivity index (χ4v) is 3.85. The van der Waals surface area contributed by atoms with Gasteiger partial charge in [0.05, 0.1) is 5.69 Å². The third-order valence-corrected chi connectivity index (χ3v) is 5.50. The second kappa shape index (κ2) is 10.7. The van der Waals surface area contributed by atoms with E-state index in [1.165, 1.54) is 22.3 Å². The monoisotopic (exact) mass is 419 g/mol. The molecule has 168 valence electrons. The highest BCUT2D eigenvalue weighted by Crippen LogP contribution is 2.36. The maximum atomic E-state index is 5.16. The second-order valence-electron chi connectivity index (χ2n) is 9.83. The summed E-state index contributed by atoms with van der Waals surface area (Å²) in [6.45, 7) is 21.9. The van der Waals surface area contributed by atoms with E-state index >= 15 is 0 Å². The normalized spacial score (nSPS) is 12.3. The average molecular weight is 420 g/mol. The summed E-state index contributed by atoms with van der Waals surface area (Å²) in [6, 6.07) is 13.1. The van der Waals surface area contributed by atoms with Crippen LogP contribution in [0, 0.1) is 0 Å². The summed E-state index contributed by atoms with van der Waals surface area (Å²) < 4.78 is 0. The standard InChI is InChI=1S/C28H41N3/c1-17(2)22-13-11-14-23(18(3)4)26(22)30-28(29-21(9)10)31-27-24(19(5)6)15-12-16-25(27)20(7)8/h11-20H,1-10H3,(H,30,31). The highest BCUT2D eigenvalue weighted by Gasteiger charge is 2.18. The van der Waals surface area contributed by atoms with Gasteiger partial charge >= 0.3 is 0 Å². The molecular formula is C28H41N3. The van der Waals surface area contributed by atoms with Crippen LogP contribution in [-0.2, 0) is 0 Å². The number of aliphatic imine (C=N–C) groups is 2. The molecule has 0 fully saturated rings. The van der Waals surface area contributed by atoms with Gasteiger partial charge < -0.3 is 5.32 Å². The summed E-state index contributed by atoms with van der Waals surface area (Å²) in [6.07, 6.45) is 0. The first-order valence-corrected chi connectivity index (χ1v) is 11.7. The Hall–Kier alpha value is -2.42. The van der Waals surface area contributed by atoms with Crippen molar-refractivity contribution >= 4 is 23.0 Å². The van der Waals surface area contributed by atoms with E-state index in [1.807, 2.05) is 13.8 Å². The van der Waals surface area contributed by atoms with Gasteiger partial charge in [0.25, 0.3) is 0 Å². The SMILES string of the molecule is CC(C)=N/C(=N\c1c(C(C)C)cccc1C(C)C)Nc1c(C(C)C)cccc1C(C)C. The van der Waals surface area contributed by atoms with Gasteiger partial charge in [-0.1, -0.05) is 91.8 Å². The minimum absolute atomic E-state index is 0.388. The average Bonchev–Trinajstić information content (AvgIpc) is 2.66. The van der Waals surface area contributed by atoms with Crippen molar-refractivity contribution in [1.29, 1.82) is 0 Å². The van der Waals surface area contributed by atoms with Crippen LogP contribution in [0.25, 0.3) is 0 Å². The Morgan fingerprint density at radius 2 is 1.03 bits per heavy atom. The van der Waals surface area contributed by atoms with Gasteiger partial charge in [0.2, 0.25) is 5.96 Å². The largest absolute Gasteiger partial charge is 0.324 e. The van der Waals surface area contributed by atoms with Crippen LogP contribution in [0.3, 0.4) is 0 Å². The second-order valence-corrected chi connectivity index (χ2v) is 9.83. The van der Waals surface area contributed by atoms with Gasteiger partial charge in [-0.3, -0.25) is 0 Å². The fraction of sp³-hybridized carbons (Fsp3) is 0.500. The van der Waals surface area contributed by atoms with Crippen molar-refractivity contribution in [2.24, 2.45) is 9.98 Å². The van der Waals surface area contributed by atoms with E-state index in [-0.39, 0.29) is 0 Å². The van der Waals surface area contributed by atoms with Crippen molar-refractivity contribution in [1.82, 2.24) is 0 Å². The molecule has 0 aliphatic carbocycles. The van der Waals surface area contributed by atoms with Crippen molar-refractivity contribution in [3.63, 3.8) is 0 Å². The van der Waals surface area contributed by atoms with Crippen LogP contribution < -0.4 is 5.32 Å². The summed E-state index contributed by atoms with van der Waals surface area (Å²) >= 11 is 0. The summed E-state index contributed by atoms with van der Waals surface area (Å²) in [7, 11) is 0. The molecule has 0 radical (unpaired) electrons. The molecule has 2 rings (SSSR count). The molecule has 2 aromatic rings. The van der Waals surface area contributed by atoms with Crippen LogP contribution in [-0.4, -0.2) is 11.7 Å². The zero-order chi connectivity index (χ0) is 23.3. The van der Waals surface area contributed by atoms with Crippen molar-refractivity contribution in [2.75, 3.05) is 5.32 Å². The summed E-state index contributed by atoms with van der Waals surface area (Å²) in [4.78, 5) is 9.98. The minimum Gasteiger partial charge on any atom is -0.324 e. The quantitative estimate of drug-likeness (QED) is 0.368. The van der Waals surface area contributed by atoms with Gasteiger partial charge in [-0.15, -0.1) is 0 Å². The maximum absolute atomic E-state index is 5.16. The van der Waals surface area contributed by atoms with Gasteiger partial charge in [-0.2, -0.15) is 0 Å². The molecule has 0 bridgehead atoms. The summed E-state index contributed by atoms with van der Waals surface area (Å²) in [5, 5.41) is 3.65. The van der Waals surface area contributed by atoms with E-state index in [1.54, 1.807) is 0 Å². The zero-order valence-corrected chi connectivity index (χ0v) is 21.2. The molecule has 2 aromatic carbocycles. The molecule has 31 heavy (non-hydrogen) atoms. The fourth-order valence-electron chi connectivity index (χ4n) is 3.85. The lowest BCUT2D eigenvalue weighted by Crippen LogP contribution is -2.15. The number of nitrogens with zero attached hydrogens (tertiary/aromatic N) is 2. The molecule has 0 aliphatic heterocycles. The highest BCUT2D eigenvalue weighted by atomic mass is 15.1. The molecule has 0 atom stereocenters. The summed E-state index contributed by atoms with van der Waals surface area (Å²) in [5.74, 6) is 2.25. The summed E-state index contributed by atoms with van der Waals surface area (Å²) in [5.41, 5.74) is 8.28. The molecule has 0 saturated heterocycles. The van der Waals surface area contributed by atoms with Crippen molar-refractivity contribution in [2.45, 2.75) is 92.9 Å². The third-order valence-electron chi connectivity index (χ3n) is 5.50. The Morgan fingerprint density at radius 1 is 0.645 bits per heavy atom. The molecule has 3 nitrogen and oxygen atoms in total.